The smallest absolute Gasteiger partial charge is 0.292 e. The molecule has 6 nitrogen and oxygen atoms in total. The zero-order chi connectivity index (χ0) is 14.9. The second-order valence-corrected chi connectivity index (χ2v) is 5.70. The van der Waals surface area contributed by atoms with Crippen LogP contribution < -0.4 is 4.90 Å². The van der Waals surface area contributed by atoms with Crippen LogP contribution in [0.4, 0.5) is 11.4 Å². The molecule has 1 saturated heterocycles. The van der Waals surface area contributed by atoms with E-state index in [1.807, 2.05) is 24.1 Å². The summed E-state index contributed by atoms with van der Waals surface area (Å²) in [6.07, 6.45) is 3.54. The normalized spacial score (nSPS) is 21.6. The number of ether oxygens (including phenoxy) is 2. The molecular weight excluding hydrogens is 272 g/mol. The van der Waals surface area contributed by atoms with E-state index in [4.69, 9.17) is 9.47 Å². The molecule has 0 atom stereocenters. The molecule has 0 N–H and O–H groups in total. The number of hydrogen-bond acceptors (Lipinski definition) is 5. The molecule has 1 spiro atoms. The van der Waals surface area contributed by atoms with Crippen LogP contribution in [0.3, 0.4) is 0 Å². The van der Waals surface area contributed by atoms with Gasteiger partial charge in [0.1, 0.15) is 5.69 Å². The monoisotopic (exact) mass is 292 g/mol. The van der Waals surface area contributed by atoms with Crippen LogP contribution in [0, 0.1) is 10.1 Å². The van der Waals surface area contributed by atoms with E-state index in [0.717, 1.165) is 25.7 Å². The van der Waals surface area contributed by atoms with E-state index < -0.39 is 0 Å². The molecule has 114 valence electrons. The van der Waals surface area contributed by atoms with Crippen molar-refractivity contribution in [3.8, 4) is 0 Å². The Morgan fingerprint density at radius 1 is 1.24 bits per heavy atom. The van der Waals surface area contributed by atoms with E-state index in [1.54, 1.807) is 12.1 Å². The fourth-order valence-corrected chi connectivity index (χ4v) is 3.33. The van der Waals surface area contributed by atoms with Gasteiger partial charge in [-0.3, -0.25) is 10.1 Å². The van der Waals surface area contributed by atoms with Crippen LogP contribution in [-0.2, 0) is 9.47 Å². The number of nitro groups is 1. The fourth-order valence-electron chi connectivity index (χ4n) is 3.33. The minimum Gasteiger partial charge on any atom is -0.366 e. The molecule has 3 rings (SSSR count). The van der Waals surface area contributed by atoms with Gasteiger partial charge in [0.2, 0.25) is 0 Å². The zero-order valence-corrected chi connectivity index (χ0v) is 12.2. The molecule has 1 aromatic rings. The van der Waals surface area contributed by atoms with Gasteiger partial charge >= 0.3 is 0 Å². The van der Waals surface area contributed by atoms with Crippen LogP contribution in [-0.4, -0.2) is 37.0 Å². The summed E-state index contributed by atoms with van der Waals surface area (Å²) in [5.74, 6) is -0.389. The predicted octanol–water partition coefficient (Wildman–Crippen LogP) is 2.72. The standard InChI is InChI=1S/C15H20N2O4/c1-16(13-4-2-3-5-14(13)17(18)19)12-6-8-15(9-7-12)20-10-11-21-15/h2-5,12H,6-11H2,1H3. The topological polar surface area (TPSA) is 64.8 Å². The summed E-state index contributed by atoms with van der Waals surface area (Å²) in [4.78, 5) is 12.9. The van der Waals surface area contributed by atoms with E-state index >= 15 is 0 Å². The molecule has 1 saturated carbocycles. The molecule has 2 fully saturated rings. The van der Waals surface area contributed by atoms with Crippen molar-refractivity contribution in [3.63, 3.8) is 0 Å². The molecule has 1 aliphatic carbocycles. The molecule has 1 heterocycles. The number of rotatable bonds is 3. The quantitative estimate of drug-likeness (QED) is 0.633. The Morgan fingerprint density at radius 3 is 2.48 bits per heavy atom. The van der Waals surface area contributed by atoms with Gasteiger partial charge in [-0.15, -0.1) is 0 Å². The second-order valence-electron chi connectivity index (χ2n) is 5.70. The maximum Gasteiger partial charge on any atom is 0.292 e. The van der Waals surface area contributed by atoms with Crippen LogP contribution >= 0.6 is 0 Å². The van der Waals surface area contributed by atoms with Crippen LogP contribution in [0.2, 0.25) is 0 Å². The first-order valence-electron chi connectivity index (χ1n) is 7.35. The van der Waals surface area contributed by atoms with Crippen molar-refractivity contribution in [2.45, 2.75) is 37.5 Å². The Labute approximate surface area is 123 Å². The molecule has 0 aromatic heterocycles. The van der Waals surface area contributed by atoms with Crippen molar-refractivity contribution in [3.05, 3.63) is 34.4 Å². The van der Waals surface area contributed by atoms with Gasteiger partial charge in [-0.1, -0.05) is 12.1 Å². The lowest BCUT2D eigenvalue weighted by atomic mass is 9.89. The van der Waals surface area contributed by atoms with Crippen molar-refractivity contribution in [2.24, 2.45) is 0 Å². The molecule has 2 aliphatic rings. The average molecular weight is 292 g/mol. The van der Waals surface area contributed by atoms with Gasteiger partial charge in [-0.25, -0.2) is 0 Å². The SMILES string of the molecule is CN(c1ccccc1[N+](=O)[O-])C1CCC2(CC1)OCCO2. The molecular formula is C15H20N2O4. The highest BCUT2D eigenvalue weighted by Crippen LogP contribution is 2.39. The van der Waals surface area contributed by atoms with Crippen LogP contribution in [0.25, 0.3) is 0 Å². The Hall–Kier alpha value is -1.66. The molecule has 21 heavy (non-hydrogen) atoms. The third kappa shape index (κ3) is 2.73. The molecule has 1 aliphatic heterocycles. The van der Waals surface area contributed by atoms with Crippen molar-refractivity contribution < 1.29 is 14.4 Å². The van der Waals surface area contributed by atoms with Crippen LogP contribution in [0.15, 0.2) is 24.3 Å². The zero-order valence-electron chi connectivity index (χ0n) is 12.2. The minimum absolute atomic E-state index is 0.161. The first kappa shape index (κ1) is 14.3. The number of para-hydroxylation sites is 2. The van der Waals surface area contributed by atoms with E-state index in [-0.39, 0.29) is 22.4 Å². The Kier molecular flexibility index (Phi) is 3.82. The number of anilines is 1. The summed E-state index contributed by atoms with van der Waals surface area (Å²) in [5.41, 5.74) is 0.838. The lowest BCUT2D eigenvalue weighted by molar-refractivity contribution is -0.384. The van der Waals surface area contributed by atoms with Gasteiger partial charge in [-0.05, 0) is 18.9 Å². The summed E-state index contributed by atoms with van der Waals surface area (Å²) < 4.78 is 11.5. The van der Waals surface area contributed by atoms with Gasteiger partial charge in [-0.2, -0.15) is 0 Å². The molecule has 0 amide bonds. The summed E-state index contributed by atoms with van der Waals surface area (Å²) >= 11 is 0. The molecule has 1 aromatic carbocycles. The van der Waals surface area contributed by atoms with Crippen LogP contribution in [0.5, 0.6) is 0 Å². The van der Waals surface area contributed by atoms with Gasteiger partial charge in [0.05, 0.1) is 18.1 Å². The maximum atomic E-state index is 11.2. The average Bonchev–Trinajstić information content (AvgIpc) is 2.95. The number of benzene rings is 1. The molecule has 0 radical (unpaired) electrons. The highest BCUT2D eigenvalue weighted by atomic mass is 16.7. The van der Waals surface area contributed by atoms with E-state index in [2.05, 4.69) is 0 Å². The number of nitro benzene ring substituents is 1. The summed E-state index contributed by atoms with van der Waals surface area (Å²) in [7, 11) is 1.93. The highest BCUT2D eigenvalue weighted by Gasteiger charge is 2.41. The van der Waals surface area contributed by atoms with Crippen LogP contribution in [0.1, 0.15) is 25.7 Å². The van der Waals surface area contributed by atoms with Crippen molar-refractivity contribution in [1.82, 2.24) is 0 Å². The molecule has 0 bridgehead atoms. The van der Waals surface area contributed by atoms with E-state index in [0.29, 0.717) is 18.9 Å². The highest BCUT2D eigenvalue weighted by molar-refractivity contribution is 5.63. The van der Waals surface area contributed by atoms with E-state index in [9.17, 15) is 10.1 Å². The summed E-state index contributed by atoms with van der Waals surface area (Å²) in [5, 5.41) is 11.2. The number of hydrogen-bond donors (Lipinski definition) is 0. The first-order chi connectivity index (χ1) is 10.1. The summed E-state index contributed by atoms with van der Waals surface area (Å²) in [6, 6.07) is 7.19. The van der Waals surface area contributed by atoms with E-state index in [1.165, 1.54) is 0 Å². The Morgan fingerprint density at radius 2 is 1.86 bits per heavy atom. The number of nitrogens with zero attached hydrogens (tertiary/aromatic N) is 2. The fraction of sp³-hybridized carbons (Fsp3) is 0.600. The third-order valence-corrected chi connectivity index (χ3v) is 4.54. The molecule has 6 heteroatoms. The third-order valence-electron chi connectivity index (χ3n) is 4.54. The first-order valence-corrected chi connectivity index (χ1v) is 7.35. The van der Waals surface area contributed by atoms with Gasteiger partial charge < -0.3 is 14.4 Å². The predicted molar refractivity (Wildman–Crippen MR) is 78.4 cm³/mol. The largest absolute Gasteiger partial charge is 0.366 e. The lowest BCUT2D eigenvalue weighted by Gasteiger charge is -2.39. The summed E-state index contributed by atoms with van der Waals surface area (Å²) in [6.45, 7) is 1.34. The van der Waals surface area contributed by atoms with Gasteiger partial charge in [0.25, 0.3) is 5.69 Å². The Balaban J connectivity index is 1.72. The second kappa shape index (κ2) is 5.61. The maximum absolute atomic E-state index is 11.2. The Bertz CT molecular complexity index is 518. The minimum atomic E-state index is -0.389. The molecule has 0 unspecified atom stereocenters. The van der Waals surface area contributed by atoms with Crippen molar-refractivity contribution >= 4 is 11.4 Å². The lowest BCUT2D eigenvalue weighted by Crippen LogP contribution is -2.43. The van der Waals surface area contributed by atoms with Crippen molar-refractivity contribution in [1.29, 1.82) is 0 Å². The van der Waals surface area contributed by atoms with Gasteiger partial charge in [0, 0.05) is 32.0 Å². The van der Waals surface area contributed by atoms with Gasteiger partial charge in [0.15, 0.2) is 5.79 Å². The van der Waals surface area contributed by atoms with Crippen molar-refractivity contribution in [2.75, 3.05) is 25.2 Å².